The first kappa shape index (κ1) is 34.3. The molecule has 5 heteroatoms. The fraction of sp³-hybridized carbons (Fsp3) is 0. The Morgan fingerprint density at radius 1 is 0.317 bits per heavy atom. The number of hydrogen-bond acceptors (Lipinski definition) is 5. The van der Waals surface area contributed by atoms with Crippen LogP contribution in [0.15, 0.2) is 205 Å². The van der Waals surface area contributed by atoms with Crippen LogP contribution in [-0.2, 0) is 0 Å². The van der Waals surface area contributed by atoms with Gasteiger partial charge < -0.3 is 4.42 Å². The Morgan fingerprint density at radius 2 is 0.883 bits per heavy atom. The molecule has 4 nitrogen and oxygen atoms in total. The number of fused-ring (bicyclic) bond motifs is 7. The Kier molecular flexibility index (Phi) is 8.00. The maximum Gasteiger partial charge on any atom is 0.164 e. The van der Waals surface area contributed by atoms with Gasteiger partial charge >= 0.3 is 0 Å². The first-order chi connectivity index (χ1) is 29.7. The molecule has 0 fully saturated rings. The molecule has 0 spiro atoms. The van der Waals surface area contributed by atoms with Gasteiger partial charge in [-0.1, -0.05) is 158 Å². The van der Waals surface area contributed by atoms with E-state index in [-0.39, 0.29) is 0 Å². The van der Waals surface area contributed by atoms with Crippen molar-refractivity contribution in [3.8, 4) is 67.5 Å². The number of furan rings is 1. The largest absolute Gasteiger partial charge is 0.456 e. The van der Waals surface area contributed by atoms with Crippen LogP contribution in [0.25, 0.3) is 120 Å². The summed E-state index contributed by atoms with van der Waals surface area (Å²) in [6, 6.07) is 70.5. The minimum absolute atomic E-state index is 0.627. The highest BCUT2D eigenvalue weighted by molar-refractivity contribution is 7.25. The van der Waals surface area contributed by atoms with Crippen LogP contribution in [0.3, 0.4) is 0 Å². The number of benzene rings is 9. The molecule has 0 aliphatic rings. The lowest BCUT2D eigenvalue weighted by molar-refractivity contribution is 0.669. The van der Waals surface area contributed by atoms with Crippen LogP contribution in [0.4, 0.5) is 0 Å². The minimum Gasteiger partial charge on any atom is -0.456 e. The number of aromatic nitrogens is 3. The van der Waals surface area contributed by atoms with Crippen LogP contribution in [0.1, 0.15) is 0 Å². The van der Waals surface area contributed by atoms with Gasteiger partial charge in [0.25, 0.3) is 0 Å². The van der Waals surface area contributed by atoms with Gasteiger partial charge in [0.1, 0.15) is 11.2 Å². The van der Waals surface area contributed by atoms with Gasteiger partial charge in [-0.3, -0.25) is 0 Å². The molecule has 0 amide bonds. The maximum atomic E-state index is 6.41. The van der Waals surface area contributed by atoms with Gasteiger partial charge in [-0.2, -0.15) is 0 Å². The molecule has 0 saturated carbocycles. The Balaban J connectivity index is 0.987. The Labute approximate surface area is 349 Å². The van der Waals surface area contributed by atoms with Crippen molar-refractivity contribution in [1.82, 2.24) is 15.0 Å². The third-order valence-corrected chi connectivity index (χ3v) is 12.7. The highest BCUT2D eigenvalue weighted by atomic mass is 32.1. The van der Waals surface area contributed by atoms with Gasteiger partial charge in [-0.15, -0.1) is 11.3 Å². The molecule has 3 heterocycles. The summed E-state index contributed by atoms with van der Waals surface area (Å²) < 4.78 is 8.89. The molecule has 0 aliphatic carbocycles. The second-order valence-corrected chi connectivity index (χ2v) is 16.3. The summed E-state index contributed by atoms with van der Waals surface area (Å²) in [4.78, 5) is 15.5. The van der Waals surface area contributed by atoms with Gasteiger partial charge in [0.05, 0.1) is 0 Å². The third-order valence-electron chi connectivity index (χ3n) is 11.5. The second-order valence-electron chi connectivity index (χ2n) is 15.2. The van der Waals surface area contributed by atoms with Crippen molar-refractivity contribution < 1.29 is 4.42 Å². The molecule has 60 heavy (non-hydrogen) atoms. The fourth-order valence-electron chi connectivity index (χ4n) is 8.50. The molecule has 9 aromatic carbocycles. The van der Waals surface area contributed by atoms with Crippen molar-refractivity contribution in [3.63, 3.8) is 0 Å². The fourth-order valence-corrected chi connectivity index (χ4v) is 9.65. The monoisotopic (exact) mass is 783 g/mol. The van der Waals surface area contributed by atoms with Crippen LogP contribution < -0.4 is 0 Å². The molecule has 0 unspecified atom stereocenters. The summed E-state index contributed by atoms with van der Waals surface area (Å²) in [6.45, 7) is 0. The van der Waals surface area contributed by atoms with E-state index in [0.29, 0.717) is 17.5 Å². The smallest absolute Gasteiger partial charge is 0.164 e. The lowest BCUT2D eigenvalue weighted by Crippen LogP contribution is -2.00. The summed E-state index contributed by atoms with van der Waals surface area (Å²) in [5, 5.41) is 6.96. The molecule has 0 bridgehead atoms. The zero-order valence-corrected chi connectivity index (χ0v) is 33.0. The Morgan fingerprint density at radius 3 is 1.67 bits per heavy atom. The molecule has 0 aliphatic heterocycles. The number of rotatable bonds is 6. The van der Waals surface area contributed by atoms with Gasteiger partial charge in [-0.05, 0) is 86.6 Å². The van der Waals surface area contributed by atoms with Crippen LogP contribution >= 0.6 is 11.3 Å². The molecular formula is C55H33N3OS. The molecule has 280 valence electrons. The lowest BCUT2D eigenvalue weighted by atomic mass is 9.95. The normalized spacial score (nSPS) is 11.7. The first-order valence-corrected chi connectivity index (χ1v) is 20.9. The Bertz CT molecular complexity index is 3590. The summed E-state index contributed by atoms with van der Waals surface area (Å²) >= 11 is 1.80. The average molecular weight is 784 g/mol. The summed E-state index contributed by atoms with van der Waals surface area (Å²) in [6.07, 6.45) is 0. The third kappa shape index (κ3) is 5.95. The molecule has 0 atom stereocenters. The number of hydrogen-bond donors (Lipinski definition) is 0. The molecular weight excluding hydrogens is 751 g/mol. The topological polar surface area (TPSA) is 51.8 Å². The van der Waals surface area contributed by atoms with Gasteiger partial charge in [0.15, 0.2) is 17.5 Å². The SMILES string of the molecule is c1ccc(-c2ccc(-c3nc(-c4ccc5ccc(-c6cccc7oc8ccc(-c9ccccc9)cc8c67)cc5c4)nc(-c4ccc5c(c4)sc4ccccc45)n3)cc2)cc1. The summed E-state index contributed by atoms with van der Waals surface area (Å²) in [5.41, 5.74) is 11.5. The van der Waals surface area contributed by atoms with Crippen molar-refractivity contribution in [3.05, 3.63) is 200 Å². The highest BCUT2D eigenvalue weighted by Gasteiger charge is 2.17. The lowest BCUT2D eigenvalue weighted by Gasteiger charge is -2.11. The van der Waals surface area contributed by atoms with Crippen LogP contribution in [-0.4, -0.2) is 15.0 Å². The van der Waals surface area contributed by atoms with Crippen LogP contribution in [0.2, 0.25) is 0 Å². The van der Waals surface area contributed by atoms with E-state index in [4.69, 9.17) is 19.4 Å². The average Bonchev–Trinajstić information content (AvgIpc) is 3.89. The standard InChI is InChI=1S/C55H33N3OS/c1-3-10-34(11-4-1)36-18-22-38(23-19-36)53-56-54(58-55(57-53)42-26-28-46-45-14-7-8-17-50(45)60-51(46)33-42)41-25-21-37-20-24-40(30-43(37)31-41)44-15-9-16-49-52(44)47-32-39(27-29-48(47)59-49)35-12-5-2-6-13-35/h1-33H. The van der Waals surface area contributed by atoms with Gasteiger partial charge in [0, 0.05) is 47.6 Å². The van der Waals surface area contributed by atoms with Crippen molar-refractivity contribution in [2.75, 3.05) is 0 Å². The minimum atomic E-state index is 0.627. The molecule has 0 saturated heterocycles. The van der Waals surface area contributed by atoms with E-state index < -0.39 is 0 Å². The van der Waals surface area contributed by atoms with E-state index >= 15 is 0 Å². The Hall–Kier alpha value is -7.73. The molecule has 0 radical (unpaired) electrons. The van der Waals surface area contributed by atoms with E-state index in [2.05, 4.69) is 194 Å². The predicted molar refractivity (Wildman–Crippen MR) is 250 cm³/mol. The maximum absolute atomic E-state index is 6.41. The van der Waals surface area contributed by atoms with E-state index in [0.717, 1.165) is 71.7 Å². The van der Waals surface area contributed by atoms with Crippen LogP contribution in [0.5, 0.6) is 0 Å². The van der Waals surface area contributed by atoms with E-state index in [9.17, 15) is 0 Å². The quantitative estimate of drug-likeness (QED) is 0.169. The van der Waals surface area contributed by atoms with Crippen molar-refractivity contribution in [2.45, 2.75) is 0 Å². The van der Waals surface area contributed by atoms with Crippen molar-refractivity contribution in [1.29, 1.82) is 0 Å². The highest BCUT2D eigenvalue weighted by Crippen LogP contribution is 2.40. The second kappa shape index (κ2) is 14.0. The number of thiophene rings is 1. The molecule has 12 rings (SSSR count). The molecule has 3 aromatic heterocycles. The van der Waals surface area contributed by atoms with Crippen molar-refractivity contribution >= 4 is 64.2 Å². The summed E-state index contributed by atoms with van der Waals surface area (Å²) in [7, 11) is 0. The van der Waals surface area contributed by atoms with Gasteiger partial charge in [-0.25, -0.2) is 15.0 Å². The summed E-state index contributed by atoms with van der Waals surface area (Å²) in [5.74, 6) is 1.90. The molecule has 0 N–H and O–H groups in total. The molecule has 12 aromatic rings. The number of nitrogens with zero attached hydrogens (tertiary/aromatic N) is 3. The zero-order valence-electron chi connectivity index (χ0n) is 32.2. The zero-order chi connectivity index (χ0) is 39.6. The predicted octanol–water partition coefficient (Wildman–Crippen LogP) is 15.3. The van der Waals surface area contributed by atoms with E-state index in [1.807, 2.05) is 6.07 Å². The first-order valence-electron chi connectivity index (χ1n) is 20.1. The van der Waals surface area contributed by atoms with E-state index in [1.165, 1.54) is 31.3 Å². The van der Waals surface area contributed by atoms with E-state index in [1.54, 1.807) is 11.3 Å². The van der Waals surface area contributed by atoms with Crippen LogP contribution in [0, 0.1) is 0 Å². The van der Waals surface area contributed by atoms with Gasteiger partial charge in [0.2, 0.25) is 0 Å². The van der Waals surface area contributed by atoms with Crippen molar-refractivity contribution in [2.24, 2.45) is 0 Å².